The molecule has 0 aliphatic carbocycles. The van der Waals surface area contributed by atoms with Gasteiger partial charge in [-0.05, 0) is 31.4 Å². The van der Waals surface area contributed by atoms with Gasteiger partial charge in [0, 0.05) is 0 Å². The van der Waals surface area contributed by atoms with Crippen LogP contribution in [-0.4, -0.2) is 42.3 Å². The van der Waals surface area contributed by atoms with Crippen molar-refractivity contribution in [1.29, 1.82) is 0 Å². The molecule has 2 N–H and O–H groups in total. The van der Waals surface area contributed by atoms with Gasteiger partial charge in [-0.3, -0.25) is 0 Å². The van der Waals surface area contributed by atoms with Gasteiger partial charge in [0.25, 0.3) is 0 Å². The Morgan fingerprint density at radius 2 is 2.21 bits per heavy atom. The third-order valence-electron chi connectivity index (χ3n) is 4.44. The van der Waals surface area contributed by atoms with Gasteiger partial charge in [-0.25, -0.2) is 14.8 Å². The first-order valence-corrected chi connectivity index (χ1v) is 9.10. The summed E-state index contributed by atoms with van der Waals surface area (Å²) in [5.74, 6) is 0.344. The van der Waals surface area contributed by atoms with E-state index in [-0.39, 0.29) is 25.0 Å². The number of aliphatic imine (C=N–C) groups is 1. The molecule has 8 nitrogen and oxygen atoms in total. The van der Waals surface area contributed by atoms with Crippen molar-refractivity contribution in [1.82, 2.24) is 5.01 Å². The van der Waals surface area contributed by atoms with Gasteiger partial charge in [-0.1, -0.05) is 43.0 Å². The summed E-state index contributed by atoms with van der Waals surface area (Å²) in [7, 11) is 0. The first-order chi connectivity index (χ1) is 13.6. The number of nitrogens with zero attached hydrogens (tertiary/aromatic N) is 3. The van der Waals surface area contributed by atoms with Gasteiger partial charge < -0.3 is 19.9 Å². The average Bonchev–Trinajstić information content (AvgIpc) is 3.17. The molecule has 148 valence electrons. The molecule has 0 amide bonds. The van der Waals surface area contributed by atoms with E-state index in [2.05, 4.69) is 16.7 Å². The molecule has 2 heterocycles. The molecule has 1 fully saturated rings. The summed E-state index contributed by atoms with van der Waals surface area (Å²) in [4.78, 5) is 15.9. The van der Waals surface area contributed by atoms with E-state index < -0.39 is 6.16 Å². The number of amidine groups is 1. The highest BCUT2D eigenvalue weighted by Gasteiger charge is 2.33. The monoisotopic (exact) mass is 384 g/mol. The Morgan fingerprint density at radius 1 is 1.43 bits per heavy atom. The summed E-state index contributed by atoms with van der Waals surface area (Å²) >= 11 is 0. The van der Waals surface area contributed by atoms with Crippen molar-refractivity contribution in [2.75, 3.05) is 6.61 Å². The van der Waals surface area contributed by atoms with Crippen LogP contribution < -0.4 is 5.73 Å². The molecule has 3 atom stereocenters. The van der Waals surface area contributed by atoms with E-state index in [4.69, 9.17) is 19.9 Å². The van der Waals surface area contributed by atoms with Crippen molar-refractivity contribution in [3.05, 3.63) is 60.3 Å². The third-order valence-corrected chi connectivity index (χ3v) is 4.44. The Balaban J connectivity index is 1.48. The van der Waals surface area contributed by atoms with E-state index >= 15 is 0 Å². The summed E-state index contributed by atoms with van der Waals surface area (Å²) in [5.41, 5.74) is 7.44. The maximum Gasteiger partial charge on any atom is 0.508 e. The molecule has 0 bridgehead atoms. The summed E-state index contributed by atoms with van der Waals surface area (Å²) in [5, 5.41) is 5.90. The van der Waals surface area contributed by atoms with Crippen LogP contribution in [0.25, 0.3) is 0 Å². The minimum atomic E-state index is -0.719. The zero-order valence-corrected chi connectivity index (χ0v) is 15.7. The van der Waals surface area contributed by atoms with E-state index in [0.717, 1.165) is 12.0 Å². The van der Waals surface area contributed by atoms with Crippen LogP contribution in [0.1, 0.15) is 31.4 Å². The van der Waals surface area contributed by atoms with Crippen LogP contribution in [0.4, 0.5) is 4.79 Å². The lowest BCUT2D eigenvalue weighted by molar-refractivity contribution is -0.0641. The minimum absolute atomic E-state index is 0.110. The molecular formula is C20H24N4O4. The second kappa shape index (κ2) is 9.18. The molecule has 0 aromatic heterocycles. The molecule has 1 saturated heterocycles. The van der Waals surface area contributed by atoms with Crippen LogP contribution in [0, 0.1) is 0 Å². The maximum absolute atomic E-state index is 12.0. The maximum atomic E-state index is 12.0. The van der Waals surface area contributed by atoms with Crippen LogP contribution in [0.15, 0.2) is 64.9 Å². The van der Waals surface area contributed by atoms with Gasteiger partial charge >= 0.3 is 6.16 Å². The van der Waals surface area contributed by atoms with E-state index in [1.54, 1.807) is 24.1 Å². The summed E-state index contributed by atoms with van der Waals surface area (Å²) in [6.07, 6.45) is 4.49. The molecule has 0 radical (unpaired) electrons. The predicted molar refractivity (Wildman–Crippen MR) is 105 cm³/mol. The topological polar surface area (TPSA) is 98.7 Å². The zero-order chi connectivity index (χ0) is 19.9. The van der Waals surface area contributed by atoms with E-state index in [1.165, 1.54) is 6.34 Å². The highest BCUT2D eigenvalue weighted by molar-refractivity contribution is 6.01. The van der Waals surface area contributed by atoms with E-state index in [9.17, 15) is 4.79 Å². The summed E-state index contributed by atoms with van der Waals surface area (Å²) < 4.78 is 16.5. The molecule has 2 aliphatic rings. The number of ether oxygens (including phenoxy) is 3. The van der Waals surface area contributed by atoms with Crippen LogP contribution >= 0.6 is 0 Å². The quantitative estimate of drug-likeness (QED) is 0.757. The summed E-state index contributed by atoms with van der Waals surface area (Å²) in [6.45, 7) is 5.59. The van der Waals surface area contributed by atoms with Gasteiger partial charge in [0.1, 0.15) is 24.7 Å². The Labute approximate surface area is 164 Å². The van der Waals surface area contributed by atoms with E-state index in [1.807, 2.05) is 30.3 Å². The fraction of sp³-hybridized carbons (Fsp3) is 0.350. The third kappa shape index (κ3) is 4.77. The molecule has 3 rings (SSSR count). The van der Waals surface area contributed by atoms with Crippen molar-refractivity contribution < 1.29 is 19.0 Å². The normalized spacial score (nSPS) is 24.0. The average molecular weight is 384 g/mol. The Morgan fingerprint density at radius 3 is 2.96 bits per heavy atom. The molecule has 1 aromatic carbocycles. The van der Waals surface area contributed by atoms with E-state index in [0.29, 0.717) is 18.0 Å². The molecule has 28 heavy (non-hydrogen) atoms. The van der Waals surface area contributed by atoms with Crippen LogP contribution in [0.2, 0.25) is 0 Å². The highest BCUT2D eigenvalue weighted by Crippen LogP contribution is 2.27. The lowest BCUT2D eigenvalue weighted by Gasteiger charge is -2.29. The SMILES string of the molecule is C=C/C=C1/C(N)=NC=NN1C1CCC(COC(=O)OC(C)c2ccccc2)O1. The first-order valence-electron chi connectivity index (χ1n) is 9.10. The molecule has 0 spiro atoms. The van der Waals surface area contributed by atoms with Gasteiger partial charge in [0.2, 0.25) is 0 Å². The number of hydrogen-bond donors (Lipinski definition) is 1. The molecule has 0 saturated carbocycles. The number of benzene rings is 1. The zero-order valence-electron chi connectivity index (χ0n) is 15.7. The smallest absolute Gasteiger partial charge is 0.432 e. The fourth-order valence-corrected chi connectivity index (χ4v) is 3.01. The summed E-state index contributed by atoms with van der Waals surface area (Å²) in [6, 6.07) is 9.48. The largest absolute Gasteiger partial charge is 0.508 e. The number of carbonyl (C=O) groups is 1. The number of hydrazone groups is 1. The number of carbonyl (C=O) groups excluding carboxylic acids is 1. The van der Waals surface area contributed by atoms with Gasteiger partial charge in [0.15, 0.2) is 12.1 Å². The van der Waals surface area contributed by atoms with Crippen molar-refractivity contribution >= 4 is 18.3 Å². The standard InChI is InChI=1S/C20H24N4O4/c1-3-7-17-19(21)22-13-23-24(17)18-11-10-16(28-18)12-26-20(25)27-14(2)15-8-5-4-6-9-15/h3-9,13-14,16,18H,1,10-12H2,2H3,(H2,21,22,23)/b17-7-. The van der Waals surface area contributed by atoms with Crippen molar-refractivity contribution in [2.45, 2.75) is 38.2 Å². The molecule has 3 unspecified atom stereocenters. The Hall–Kier alpha value is -3.13. The Kier molecular flexibility index (Phi) is 6.44. The molecule has 8 heteroatoms. The minimum Gasteiger partial charge on any atom is -0.432 e. The number of nitrogens with two attached hydrogens (primary N) is 1. The van der Waals surface area contributed by atoms with Crippen LogP contribution in [-0.2, 0) is 14.2 Å². The number of allylic oxidation sites excluding steroid dienone is 2. The Bertz CT molecular complexity index is 791. The molecule has 1 aromatic rings. The van der Waals surface area contributed by atoms with Gasteiger partial charge in [-0.15, -0.1) is 0 Å². The van der Waals surface area contributed by atoms with Crippen molar-refractivity contribution in [2.24, 2.45) is 15.8 Å². The van der Waals surface area contributed by atoms with Gasteiger partial charge in [0.05, 0.1) is 6.10 Å². The van der Waals surface area contributed by atoms with Crippen LogP contribution in [0.5, 0.6) is 0 Å². The number of rotatable bonds is 6. The second-order valence-electron chi connectivity index (χ2n) is 6.40. The van der Waals surface area contributed by atoms with Gasteiger partial charge in [-0.2, -0.15) is 5.10 Å². The second-order valence-corrected chi connectivity index (χ2v) is 6.40. The predicted octanol–water partition coefficient (Wildman–Crippen LogP) is 3.09. The lowest BCUT2D eigenvalue weighted by atomic mass is 10.1. The number of hydrogen-bond acceptors (Lipinski definition) is 8. The van der Waals surface area contributed by atoms with Crippen molar-refractivity contribution in [3.8, 4) is 0 Å². The fourth-order valence-electron chi connectivity index (χ4n) is 3.01. The lowest BCUT2D eigenvalue weighted by Crippen LogP contribution is -2.38. The van der Waals surface area contributed by atoms with Crippen LogP contribution in [0.3, 0.4) is 0 Å². The molecular weight excluding hydrogens is 360 g/mol. The molecule has 2 aliphatic heterocycles. The first kappa shape index (κ1) is 19.6. The van der Waals surface area contributed by atoms with Crippen molar-refractivity contribution in [3.63, 3.8) is 0 Å². The highest BCUT2D eigenvalue weighted by atomic mass is 16.7.